The average molecular weight is 695 g/mol. The Morgan fingerprint density at radius 2 is 1.59 bits per heavy atom. The van der Waals surface area contributed by atoms with Crippen LogP contribution in [-0.4, -0.2) is 40.8 Å². The molecule has 2 amide bonds. The molecule has 49 heavy (non-hydrogen) atoms. The van der Waals surface area contributed by atoms with Crippen molar-refractivity contribution in [2.24, 2.45) is 11.7 Å². The third-order valence-corrected chi connectivity index (χ3v) is 9.63. The Kier molecular flexibility index (Phi) is 11.1. The monoisotopic (exact) mass is 694 g/mol. The first-order chi connectivity index (χ1) is 23.3. The first-order valence-electron chi connectivity index (χ1n) is 16.1. The minimum absolute atomic E-state index is 0.0254. The first kappa shape index (κ1) is 35.7. The van der Waals surface area contributed by atoms with Crippen LogP contribution in [0.15, 0.2) is 66.7 Å². The molecule has 1 saturated carbocycles. The molecule has 1 aromatic heterocycles. The van der Waals surface area contributed by atoms with Gasteiger partial charge in [-0.2, -0.15) is 13.2 Å². The zero-order valence-corrected chi connectivity index (χ0v) is 27.8. The van der Waals surface area contributed by atoms with Crippen LogP contribution in [0.1, 0.15) is 94.8 Å². The Balaban J connectivity index is 1.41. The fraction of sp³-hybridized carbons (Fsp3) is 0.361. The fourth-order valence-corrected chi connectivity index (χ4v) is 6.78. The number of hydrogen-bond donors (Lipinski definition) is 3. The number of hydrogen-bond acceptors (Lipinski definition) is 8. The summed E-state index contributed by atoms with van der Waals surface area (Å²) in [4.78, 5) is 57.0. The van der Waals surface area contributed by atoms with Gasteiger partial charge in [0.15, 0.2) is 11.1 Å². The van der Waals surface area contributed by atoms with E-state index >= 15 is 0 Å². The summed E-state index contributed by atoms with van der Waals surface area (Å²) in [6.07, 6.45) is -4.06. The molecular weight excluding hydrogens is 657 g/mol. The molecule has 1 aliphatic rings. The van der Waals surface area contributed by atoms with Crippen LogP contribution in [0.2, 0.25) is 0 Å². The number of ether oxygens (including phenoxy) is 1. The van der Waals surface area contributed by atoms with Crippen LogP contribution in [0.3, 0.4) is 0 Å². The van der Waals surface area contributed by atoms with Gasteiger partial charge in [0.2, 0.25) is 5.78 Å². The van der Waals surface area contributed by atoms with Crippen molar-refractivity contribution in [3.05, 3.63) is 94.0 Å². The largest absolute Gasteiger partial charge is 0.490 e. The van der Waals surface area contributed by atoms with E-state index < -0.39 is 41.9 Å². The summed E-state index contributed by atoms with van der Waals surface area (Å²) in [6.45, 7) is 4.35. The number of aromatic nitrogens is 1. The molecule has 9 nitrogen and oxygen atoms in total. The van der Waals surface area contributed by atoms with Crippen molar-refractivity contribution in [2.45, 2.75) is 76.7 Å². The summed E-state index contributed by atoms with van der Waals surface area (Å²) in [5, 5.41) is 5.46. The van der Waals surface area contributed by atoms with Crippen LogP contribution in [0.4, 0.5) is 18.9 Å². The maximum Gasteiger partial charge on any atom is 0.490 e. The van der Waals surface area contributed by atoms with Crippen molar-refractivity contribution in [2.75, 3.05) is 5.32 Å². The molecule has 4 aromatic rings. The maximum absolute atomic E-state index is 14.1. The molecule has 258 valence electrons. The van der Waals surface area contributed by atoms with Gasteiger partial charge in [0.25, 0.3) is 11.8 Å². The number of rotatable bonds is 11. The van der Waals surface area contributed by atoms with Gasteiger partial charge in [-0.25, -0.2) is 9.78 Å². The van der Waals surface area contributed by atoms with Gasteiger partial charge in [0.1, 0.15) is 6.04 Å². The number of halogens is 3. The molecule has 0 spiro atoms. The van der Waals surface area contributed by atoms with Crippen molar-refractivity contribution >= 4 is 50.8 Å². The van der Waals surface area contributed by atoms with Crippen LogP contribution in [0.25, 0.3) is 10.2 Å². The Hall–Kier alpha value is -4.62. The number of amides is 2. The van der Waals surface area contributed by atoms with Crippen LogP contribution in [-0.2, 0) is 20.9 Å². The van der Waals surface area contributed by atoms with Gasteiger partial charge in [-0.05, 0) is 65.8 Å². The molecule has 1 fully saturated rings. The van der Waals surface area contributed by atoms with Gasteiger partial charge in [-0.1, -0.05) is 69.5 Å². The standard InChI is InChI=1S/C36H37F3N4O5S/c1-20(2)22-12-14-25(15-13-22)32(45)41-26-16-17-27-28(18-26)49-34(42-27)30(44)29(23-10-8-21(19-40)9-11-23)43-33(46)31(24-6-4-3-5-7-24)48-35(47)36(37,38)39/h8-18,20,24,29,31H,3-7,19,40H2,1-2H3,(H,41,45)(H,43,46). The normalized spacial score (nSPS) is 15.1. The molecule has 2 atom stereocenters. The molecule has 13 heteroatoms. The van der Waals surface area contributed by atoms with Gasteiger partial charge in [-0.3, -0.25) is 14.4 Å². The van der Waals surface area contributed by atoms with E-state index in [0.717, 1.165) is 28.9 Å². The summed E-state index contributed by atoms with van der Waals surface area (Å²) >= 11 is 1.04. The number of ketones is 1. The molecule has 3 aromatic carbocycles. The number of alkyl halides is 3. The highest BCUT2D eigenvalue weighted by Gasteiger charge is 2.45. The number of nitrogens with two attached hydrogens (primary N) is 1. The summed E-state index contributed by atoms with van der Waals surface area (Å²) in [7, 11) is 0. The Labute approximate surface area is 285 Å². The maximum atomic E-state index is 14.1. The van der Waals surface area contributed by atoms with Gasteiger partial charge in [0, 0.05) is 23.7 Å². The smallest absolute Gasteiger partial charge is 0.445 e. The van der Waals surface area contributed by atoms with Crippen LogP contribution < -0.4 is 16.4 Å². The zero-order chi connectivity index (χ0) is 35.3. The van der Waals surface area contributed by atoms with Crippen molar-refractivity contribution in [1.82, 2.24) is 10.3 Å². The second kappa shape index (κ2) is 15.3. The molecule has 0 aliphatic heterocycles. The average Bonchev–Trinajstić information content (AvgIpc) is 3.52. The van der Waals surface area contributed by atoms with E-state index in [4.69, 9.17) is 10.5 Å². The van der Waals surface area contributed by atoms with Crippen LogP contribution in [0.5, 0.6) is 0 Å². The lowest BCUT2D eigenvalue weighted by Gasteiger charge is -2.30. The SMILES string of the molecule is CC(C)c1ccc(C(=O)Nc2ccc3nc(C(=O)C(NC(=O)C(OC(=O)C(F)(F)F)C4CCCCC4)c4ccc(CN)cc4)sc3c2)cc1. The molecule has 0 radical (unpaired) electrons. The third kappa shape index (κ3) is 8.70. The molecule has 4 N–H and O–H groups in total. The lowest BCUT2D eigenvalue weighted by molar-refractivity contribution is -0.208. The highest BCUT2D eigenvalue weighted by atomic mass is 32.1. The van der Waals surface area contributed by atoms with E-state index in [1.807, 2.05) is 12.1 Å². The molecule has 0 saturated heterocycles. The number of nitrogens with zero attached hydrogens (tertiary/aromatic N) is 1. The van der Waals surface area contributed by atoms with Crippen molar-refractivity contribution in [3.8, 4) is 0 Å². The predicted octanol–water partition coefficient (Wildman–Crippen LogP) is 7.23. The Morgan fingerprint density at radius 1 is 0.939 bits per heavy atom. The number of esters is 1. The van der Waals surface area contributed by atoms with E-state index in [2.05, 4.69) is 29.5 Å². The number of carbonyl (C=O) groups excluding carboxylic acids is 4. The lowest BCUT2D eigenvalue weighted by Crippen LogP contribution is -2.47. The van der Waals surface area contributed by atoms with Gasteiger partial charge >= 0.3 is 12.1 Å². The molecular formula is C36H37F3N4O5S. The summed E-state index contributed by atoms with van der Waals surface area (Å²) in [5.41, 5.74) is 9.38. The number of nitrogens with one attached hydrogen (secondary N) is 2. The Bertz CT molecular complexity index is 1820. The molecule has 0 bridgehead atoms. The van der Waals surface area contributed by atoms with Crippen LogP contribution >= 0.6 is 11.3 Å². The molecule has 2 unspecified atom stereocenters. The second-order valence-electron chi connectivity index (χ2n) is 12.4. The summed E-state index contributed by atoms with van der Waals surface area (Å²) in [6, 6.07) is 17.5. The van der Waals surface area contributed by atoms with Crippen molar-refractivity contribution in [3.63, 3.8) is 0 Å². The fourth-order valence-electron chi connectivity index (χ4n) is 5.81. The van der Waals surface area contributed by atoms with E-state index in [0.29, 0.717) is 58.6 Å². The zero-order valence-electron chi connectivity index (χ0n) is 27.0. The van der Waals surface area contributed by atoms with E-state index in [1.165, 1.54) is 0 Å². The van der Waals surface area contributed by atoms with E-state index in [1.54, 1.807) is 54.6 Å². The lowest BCUT2D eigenvalue weighted by atomic mass is 9.84. The van der Waals surface area contributed by atoms with Gasteiger partial charge in [0.05, 0.1) is 10.2 Å². The van der Waals surface area contributed by atoms with E-state index in [9.17, 15) is 32.3 Å². The van der Waals surface area contributed by atoms with Gasteiger partial charge < -0.3 is 21.1 Å². The number of anilines is 1. The third-order valence-electron chi connectivity index (χ3n) is 8.60. The van der Waals surface area contributed by atoms with Crippen molar-refractivity contribution < 1.29 is 37.1 Å². The molecule has 1 heterocycles. The quantitative estimate of drug-likeness (QED) is 0.111. The molecule has 1 aliphatic carbocycles. The van der Waals surface area contributed by atoms with Gasteiger partial charge in [-0.15, -0.1) is 11.3 Å². The minimum Gasteiger partial charge on any atom is -0.445 e. The number of benzene rings is 3. The Morgan fingerprint density at radius 3 is 2.20 bits per heavy atom. The summed E-state index contributed by atoms with van der Waals surface area (Å²) in [5.74, 6) is -4.70. The number of Topliss-reactive ketones (excluding diaryl/α,β-unsaturated/α-hetero) is 1. The highest BCUT2D eigenvalue weighted by Crippen LogP contribution is 2.32. The number of carbonyl (C=O) groups is 4. The number of fused-ring (bicyclic) bond motifs is 1. The second-order valence-corrected chi connectivity index (χ2v) is 13.4. The number of thiazole rings is 1. The van der Waals surface area contributed by atoms with Crippen LogP contribution in [0, 0.1) is 5.92 Å². The minimum atomic E-state index is -5.29. The van der Waals surface area contributed by atoms with E-state index in [-0.39, 0.29) is 17.5 Å². The van der Waals surface area contributed by atoms with Crippen molar-refractivity contribution in [1.29, 1.82) is 0 Å². The molecule has 5 rings (SSSR count). The highest BCUT2D eigenvalue weighted by molar-refractivity contribution is 7.20. The topological polar surface area (TPSA) is 140 Å². The first-order valence-corrected chi connectivity index (χ1v) is 16.9. The summed E-state index contributed by atoms with van der Waals surface area (Å²) < 4.78 is 45.0. The predicted molar refractivity (Wildman–Crippen MR) is 180 cm³/mol.